The molecule has 18 heavy (non-hydrogen) atoms. The second kappa shape index (κ2) is 7.20. The highest BCUT2D eigenvalue weighted by atomic mass is 32.1. The highest BCUT2D eigenvalue weighted by Crippen LogP contribution is 2.15. The van der Waals surface area contributed by atoms with Crippen LogP contribution in [0.2, 0.25) is 0 Å². The minimum atomic E-state index is 0.0627. The van der Waals surface area contributed by atoms with E-state index in [1.54, 1.807) is 4.90 Å². The van der Waals surface area contributed by atoms with Gasteiger partial charge in [0.15, 0.2) is 0 Å². The molecule has 0 fully saturated rings. The lowest BCUT2D eigenvalue weighted by atomic mass is 10.1. The van der Waals surface area contributed by atoms with E-state index in [2.05, 4.69) is 25.7 Å². The van der Waals surface area contributed by atoms with Crippen molar-refractivity contribution < 1.29 is 4.79 Å². The summed E-state index contributed by atoms with van der Waals surface area (Å²) in [5.41, 5.74) is 6.03. The molecule has 0 radical (unpaired) electrons. The van der Waals surface area contributed by atoms with Gasteiger partial charge in [0.25, 0.3) is 5.91 Å². The molecule has 0 bridgehead atoms. The molecule has 0 aromatic carbocycles. The minimum absolute atomic E-state index is 0.0627. The van der Waals surface area contributed by atoms with E-state index in [1.807, 2.05) is 18.5 Å². The molecular formula is C14H20N2OS. The number of thiophene rings is 1. The van der Waals surface area contributed by atoms with Crippen LogP contribution >= 0.6 is 11.3 Å². The maximum atomic E-state index is 12.1. The number of nitrogens with zero attached hydrogens (tertiary/aromatic N) is 1. The van der Waals surface area contributed by atoms with Gasteiger partial charge in [0.1, 0.15) is 0 Å². The molecule has 0 spiro atoms. The number of nitrogens with two attached hydrogens (primary N) is 1. The third-order valence-electron chi connectivity index (χ3n) is 2.55. The van der Waals surface area contributed by atoms with Gasteiger partial charge in [-0.1, -0.05) is 25.7 Å². The Morgan fingerprint density at radius 3 is 2.89 bits per heavy atom. The fourth-order valence-electron chi connectivity index (χ4n) is 1.43. The van der Waals surface area contributed by atoms with Crippen molar-refractivity contribution in [3.05, 3.63) is 21.9 Å². The molecule has 0 unspecified atom stereocenters. The van der Waals surface area contributed by atoms with Crippen molar-refractivity contribution >= 4 is 17.2 Å². The molecule has 0 aliphatic carbocycles. The van der Waals surface area contributed by atoms with E-state index >= 15 is 0 Å². The van der Waals surface area contributed by atoms with Crippen molar-refractivity contribution in [2.45, 2.75) is 20.3 Å². The number of amides is 1. The predicted molar refractivity (Wildman–Crippen MR) is 76.7 cm³/mol. The van der Waals surface area contributed by atoms with Gasteiger partial charge in [0.05, 0.1) is 17.0 Å². The van der Waals surface area contributed by atoms with Gasteiger partial charge in [-0.05, 0) is 18.4 Å². The maximum absolute atomic E-state index is 12.1. The number of carbonyl (C=O) groups is 1. The SMILES string of the molecule is CC(C)CCN(C)C(=O)c1csc(C#CCN)c1. The average Bonchev–Trinajstić information content (AvgIpc) is 2.81. The summed E-state index contributed by atoms with van der Waals surface area (Å²) in [5.74, 6) is 6.40. The molecular weight excluding hydrogens is 244 g/mol. The highest BCUT2D eigenvalue weighted by molar-refractivity contribution is 7.10. The Bertz CT molecular complexity index is 454. The van der Waals surface area contributed by atoms with E-state index in [0.29, 0.717) is 18.0 Å². The third kappa shape index (κ3) is 4.52. The molecule has 1 aromatic heterocycles. The van der Waals surface area contributed by atoms with Crippen molar-refractivity contribution in [3.63, 3.8) is 0 Å². The molecule has 0 saturated heterocycles. The van der Waals surface area contributed by atoms with Crippen molar-refractivity contribution in [3.8, 4) is 11.8 Å². The third-order valence-corrected chi connectivity index (χ3v) is 3.39. The fourth-order valence-corrected chi connectivity index (χ4v) is 2.17. The lowest BCUT2D eigenvalue weighted by Crippen LogP contribution is -2.28. The molecule has 0 aliphatic heterocycles. The molecule has 1 heterocycles. The second-order valence-electron chi connectivity index (χ2n) is 4.61. The van der Waals surface area contributed by atoms with Gasteiger partial charge >= 0.3 is 0 Å². The van der Waals surface area contributed by atoms with Crippen molar-refractivity contribution in [1.82, 2.24) is 4.90 Å². The molecule has 0 aliphatic rings. The second-order valence-corrected chi connectivity index (χ2v) is 5.53. The molecule has 0 atom stereocenters. The van der Waals surface area contributed by atoms with Crippen molar-refractivity contribution in [1.29, 1.82) is 0 Å². The average molecular weight is 264 g/mol. The van der Waals surface area contributed by atoms with Gasteiger partial charge < -0.3 is 10.6 Å². The Morgan fingerprint density at radius 2 is 2.28 bits per heavy atom. The zero-order valence-electron chi connectivity index (χ0n) is 11.2. The first-order chi connectivity index (χ1) is 8.54. The summed E-state index contributed by atoms with van der Waals surface area (Å²) < 4.78 is 0. The lowest BCUT2D eigenvalue weighted by molar-refractivity contribution is 0.0789. The molecule has 4 heteroatoms. The molecule has 1 aromatic rings. The van der Waals surface area contributed by atoms with Crippen LogP contribution in [0.1, 0.15) is 35.5 Å². The molecule has 3 nitrogen and oxygen atoms in total. The van der Waals surface area contributed by atoms with Crippen molar-refractivity contribution in [2.75, 3.05) is 20.1 Å². The lowest BCUT2D eigenvalue weighted by Gasteiger charge is -2.17. The van der Waals surface area contributed by atoms with Crippen LogP contribution < -0.4 is 5.73 Å². The van der Waals surface area contributed by atoms with Crippen LogP contribution in [0.4, 0.5) is 0 Å². The zero-order valence-corrected chi connectivity index (χ0v) is 12.0. The molecule has 0 saturated carbocycles. The van der Waals surface area contributed by atoms with Gasteiger partial charge in [-0.25, -0.2) is 0 Å². The van der Waals surface area contributed by atoms with Gasteiger partial charge in [-0.15, -0.1) is 11.3 Å². The zero-order chi connectivity index (χ0) is 13.5. The van der Waals surface area contributed by atoms with Crippen molar-refractivity contribution in [2.24, 2.45) is 11.7 Å². The van der Waals surface area contributed by atoms with E-state index < -0.39 is 0 Å². The van der Waals surface area contributed by atoms with Crippen LogP contribution in [-0.2, 0) is 0 Å². The minimum Gasteiger partial charge on any atom is -0.342 e. The van der Waals surface area contributed by atoms with Crippen LogP contribution in [-0.4, -0.2) is 30.9 Å². The Morgan fingerprint density at radius 1 is 1.56 bits per heavy atom. The van der Waals surface area contributed by atoms with Gasteiger partial charge in [0, 0.05) is 19.0 Å². The standard InChI is InChI=1S/C14H20N2OS/c1-11(2)6-8-16(3)14(17)12-9-13(18-10-12)5-4-7-15/h9-11H,6-8,15H2,1-3H3. The molecule has 2 N–H and O–H groups in total. The summed E-state index contributed by atoms with van der Waals surface area (Å²) in [6.07, 6.45) is 1.02. The Balaban J connectivity index is 2.63. The van der Waals surface area contributed by atoms with E-state index in [9.17, 15) is 4.79 Å². The van der Waals surface area contributed by atoms with E-state index in [4.69, 9.17) is 5.73 Å². The van der Waals surface area contributed by atoms with Crippen LogP contribution in [0, 0.1) is 17.8 Å². The number of rotatable bonds is 4. The van der Waals surface area contributed by atoms with Crippen LogP contribution in [0.25, 0.3) is 0 Å². The topological polar surface area (TPSA) is 46.3 Å². The highest BCUT2D eigenvalue weighted by Gasteiger charge is 2.13. The number of carbonyl (C=O) groups excluding carboxylic acids is 1. The van der Waals surface area contributed by atoms with Crippen LogP contribution in [0.15, 0.2) is 11.4 Å². The number of hydrogen-bond acceptors (Lipinski definition) is 3. The summed E-state index contributed by atoms with van der Waals surface area (Å²) in [7, 11) is 1.84. The smallest absolute Gasteiger partial charge is 0.254 e. The largest absolute Gasteiger partial charge is 0.342 e. The first-order valence-electron chi connectivity index (χ1n) is 6.07. The fraction of sp³-hybridized carbons (Fsp3) is 0.500. The monoisotopic (exact) mass is 264 g/mol. The summed E-state index contributed by atoms with van der Waals surface area (Å²) in [4.78, 5) is 14.8. The summed E-state index contributed by atoms with van der Waals surface area (Å²) in [5, 5.41) is 1.86. The summed E-state index contributed by atoms with van der Waals surface area (Å²) >= 11 is 1.48. The Hall–Kier alpha value is -1.31. The predicted octanol–water partition coefficient (Wildman–Crippen LogP) is 2.18. The van der Waals surface area contributed by atoms with Gasteiger partial charge in [-0.2, -0.15) is 0 Å². The Labute approximate surface area is 113 Å². The van der Waals surface area contributed by atoms with E-state index in [0.717, 1.165) is 17.8 Å². The molecule has 1 rings (SSSR count). The molecule has 1 amide bonds. The summed E-state index contributed by atoms with van der Waals surface area (Å²) in [6, 6.07) is 1.83. The van der Waals surface area contributed by atoms with Gasteiger partial charge in [0.2, 0.25) is 0 Å². The number of hydrogen-bond donors (Lipinski definition) is 1. The normalized spacial score (nSPS) is 10.1. The van der Waals surface area contributed by atoms with Crippen LogP contribution in [0.3, 0.4) is 0 Å². The first-order valence-corrected chi connectivity index (χ1v) is 6.95. The quantitative estimate of drug-likeness (QED) is 0.847. The van der Waals surface area contributed by atoms with Gasteiger partial charge in [-0.3, -0.25) is 4.79 Å². The first kappa shape index (κ1) is 14.7. The molecule has 98 valence electrons. The van der Waals surface area contributed by atoms with E-state index in [-0.39, 0.29) is 5.91 Å². The maximum Gasteiger partial charge on any atom is 0.254 e. The van der Waals surface area contributed by atoms with E-state index in [1.165, 1.54) is 11.3 Å². The Kier molecular flexibility index (Phi) is 5.90. The van der Waals surface area contributed by atoms with Crippen LogP contribution in [0.5, 0.6) is 0 Å². The summed E-state index contributed by atoms with van der Waals surface area (Å²) in [6.45, 7) is 5.44.